The van der Waals surface area contributed by atoms with Crippen LogP contribution in [0.3, 0.4) is 0 Å². The lowest BCUT2D eigenvalue weighted by Crippen LogP contribution is -2.21. The average molecular weight is 236 g/mol. The Morgan fingerprint density at radius 3 is 3.00 bits per heavy atom. The highest BCUT2D eigenvalue weighted by Gasteiger charge is 2.07. The van der Waals surface area contributed by atoms with E-state index in [0.717, 1.165) is 0 Å². The molecule has 0 fully saturated rings. The molecule has 2 N–H and O–H groups in total. The molecule has 0 bridgehead atoms. The summed E-state index contributed by atoms with van der Waals surface area (Å²) in [7, 11) is 0. The van der Waals surface area contributed by atoms with Crippen LogP contribution >= 0.6 is 0 Å². The topological polar surface area (TPSA) is 79.9 Å². The molecule has 0 spiro atoms. The fourth-order valence-corrected chi connectivity index (χ4v) is 1.14. The Kier molecular flexibility index (Phi) is 3.29. The molecule has 0 aliphatic rings. The van der Waals surface area contributed by atoms with Crippen molar-refractivity contribution < 1.29 is 13.9 Å². The number of amides is 1. The largest absolute Gasteiger partial charge is 0.481 e. The lowest BCUT2D eigenvalue weighted by molar-refractivity contribution is -0.118. The number of para-hydroxylation sites is 1. The van der Waals surface area contributed by atoms with Gasteiger partial charge in [-0.3, -0.25) is 10.1 Å². The van der Waals surface area contributed by atoms with E-state index in [0.29, 0.717) is 0 Å². The SMILES string of the molecule is O=C(COc1ccccc1F)Nc1ncn[nH]1. The Morgan fingerprint density at radius 2 is 2.29 bits per heavy atom. The maximum absolute atomic E-state index is 13.1. The summed E-state index contributed by atoms with van der Waals surface area (Å²) >= 11 is 0. The van der Waals surface area contributed by atoms with Gasteiger partial charge in [0.1, 0.15) is 6.33 Å². The minimum Gasteiger partial charge on any atom is -0.481 e. The number of aromatic amines is 1. The molecule has 1 amide bonds. The highest BCUT2D eigenvalue weighted by molar-refractivity contribution is 5.90. The third kappa shape index (κ3) is 3.00. The molecule has 88 valence electrons. The normalized spacial score (nSPS) is 9.94. The van der Waals surface area contributed by atoms with E-state index in [9.17, 15) is 9.18 Å². The molecule has 1 aromatic carbocycles. The Morgan fingerprint density at radius 1 is 1.47 bits per heavy atom. The van der Waals surface area contributed by atoms with Crippen LogP contribution in [0.4, 0.5) is 10.3 Å². The maximum Gasteiger partial charge on any atom is 0.264 e. The first kappa shape index (κ1) is 11.1. The number of rotatable bonds is 4. The first-order valence-corrected chi connectivity index (χ1v) is 4.78. The Bertz CT molecular complexity index is 501. The average Bonchev–Trinajstić information content (AvgIpc) is 2.81. The van der Waals surface area contributed by atoms with E-state index in [1.165, 1.54) is 24.5 Å². The molecule has 7 heteroatoms. The summed E-state index contributed by atoms with van der Waals surface area (Å²) in [6.07, 6.45) is 1.26. The van der Waals surface area contributed by atoms with E-state index in [4.69, 9.17) is 4.74 Å². The summed E-state index contributed by atoms with van der Waals surface area (Å²) < 4.78 is 18.1. The van der Waals surface area contributed by atoms with Gasteiger partial charge in [-0.1, -0.05) is 12.1 Å². The summed E-state index contributed by atoms with van der Waals surface area (Å²) in [4.78, 5) is 15.0. The zero-order valence-electron chi connectivity index (χ0n) is 8.68. The van der Waals surface area contributed by atoms with E-state index in [1.54, 1.807) is 6.07 Å². The molecule has 0 aliphatic heterocycles. The summed E-state index contributed by atoms with van der Waals surface area (Å²) in [5.74, 6) is -0.725. The minimum absolute atomic E-state index is 0.0280. The summed E-state index contributed by atoms with van der Waals surface area (Å²) in [5, 5.41) is 8.41. The van der Waals surface area contributed by atoms with E-state index in [-0.39, 0.29) is 18.3 Å². The van der Waals surface area contributed by atoms with Gasteiger partial charge < -0.3 is 4.74 Å². The zero-order chi connectivity index (χ0) is 12.1. The molecule has 6 nitrogen and oxygen atoms in total. The maximum atomic E-state index is 13.1. The quantitative estimate of drug-likeness (QED) is 0.828. The molecule has 0 saturated carbocycles. The van der Waals surface area contributed by atoms with Crippen LogP contribution in [0.15, 0.2) is 30.6 Å². The molecular formula is C10H9FN4O2. The predicted octanol–water partition coefficient (Wildman–Crippen LogP) is 0.961. The predicted molar refractivity (Wildman–Crippen MR) is 56.9 cm³/mol. The first-order chi connectivity index (χ1) is 8.25. The van der Waals surface area contributed by atoms with Crippen molar-refractivity contribution in [3.63, 3.8) is 0 Å². The fraction of sp³-hybridized carbons (Fsp3) is 0.100. The monoisotopic (exact) mass is 236 g/mol. The number of ether oxygens (including phenoxy) is 1. The molecule has 0 unspecified atom stereocenters. The van der Waals surface area contributed by atoms with E-state index in [2.05, 4.69) is 20.5 Å². The number of nitrogens with one attached hydrogen (secondary N) is 2. The Balaban J connectivity index is 1.86. The third-order valence-corrected chi connectivity index (χ3v) is 1.87. The molecule has 0 aliphatic carbocycles. The molecule has 1 heterocycles. The van der Waals surface area contributed by atoms with Gasteiger partial charge in [0.15, 0.2) is 18.2 Å². The lowest BCUT2D eigenvalue weighted by Gasteiger charge is -2.06. The number of hydrogen-bond donors (Lipinski definition) is 2. The van der Waals surface area contributed by atoms with Gasteiger partial charge in [-0.25, -0.2) is 9.49 Å². The number of halogens is 1. The summed E-state index contributed by atoms with van der Waals surface area (Å²) in [6.45, 7) is -0.304. The van der Waals surface area contributed by atoms with Crippen LogP contribution < -0.4 is 10.1 Å². The molecule has 0 saturated heterocycles. The van der Waals surface area contributed by atoms with Crippen molar-refractivity contribution in [1.29, 1.82) is 0 Å². The van der Waals surface area contributed by atoms with Crippen molar-refractivity contribution in [3.8, 4) is 5.75 Å². The number of hydrogen-bond acceptors (Lipinski definition) is 4. The van der Waals surface area contributed by atoms with Crippen LogP contribution in [-0.4, -0.2) is 27.7 Å². The summed E-state index contributed by atoms with van der Waals surface area (Å²) in [6, 6.07) is 5.85. The number of nitrogens with zero attached hydrogens (tertiary/aromatic N) is 2. The van der Waals surface area contributed by atoms with Crippen LogP contribution in [0.1, 0.15) is 0 Å². The van der Waals surface area contributed by atoms with Crippen LogP contribution in [0.5, 0.6) is 5.75 Å². The van der Waals surface area contributed by atoms with E-state index in [1.807, 2.05) is 0 Å². The lowest BCUT2D eigenvalue weighted by atomic mass is 10.3. The van der Waals surface area contributed by atoms with Gasteiger partial charge in [-0.15, -0.1) is 0 Å². The van der Waals surface area contributed by atoms with Crippen molar-refractivity contribution >= 4 is 11.9 Å². The third-order valence-electron chi connectivity index (χ3n) is 1.87. The number of anilines is 1. The number of aromatic nitrogens is 3. The van der Waals surface area contributed by atoms with Crippen molar-refractivity contribution in [3.05, 3.63) is 36.4 Å². The number of H-pyrrole nitrogens is 1. The van der Waals surface area contributed by atoms with Crippen LogP contribution in [-0.2, 0) is 4.79 Å². The molecule has 2 aromatic rings. The minimum atomic E-state index is -0.514. The van der Waals surface area contributed by atoms with Crippen molar-refractivity contribution in [2.45, 2.75) is 0 Å². The van der Waals surface area contributed by atoms with E-state index >= 15 is 0 Å². The number of carbonyl (C=O) groups excluding carboxylic acids is 1. The smallest absolute Gasteiger partial charge is 0.264 e. The Labute approximate surface area is 95.8 Å². The van der Waals surface area contributed by atoms with E-state index < -0.39 is 11.7 Å². The van der Waals surface area contributed by atoms with Gasteiger partial charge in [-0.05, 0) is 12.1 Å². The summed E-state index contributed by atoms with van der Waals surface area (Å²) in [5.41, 5.74) is 0. The van der Waals surface area contributed by atoms with Crippen LogP contribution in [0, 0.1) is 5.82 Å². The van der Waals surface area contributed by atoms with Gasteiger partial charge in [0, 0.05) is 0 Å². The number of carbonyl (C=O) groups is 1. The molecular weight excluding hydrogens is 227 g/mol. The van der Waals surface area contributed by atoms with Gasteiger partial charge >= 0.3 is 0 Å². The zero-order valence-corrected chi connectivity index (χ0v) is 8.68. The second kappa shape index (κ2) is 5.06. The molecule has 2 rings (SSSR count). The standard InChI is InChI=1S/C10H9FN4O2/c11-7-3-1-2-4-8(7)17-5-9(16)14-10-12-6-13-15-10/h1-4,6H,5H2,(H2,12,13,14,15,16). The Hall–Kier alpha value is -2.44. The highest BCUT2D eigenvalue weighted by Crippen LogP contribution is 2.14. The molecule has 1 aromatic heterocycles. The number of benzene rings is 1. The van der Waals surface area contributed by atoms with Crippen LogP contribution in [0.25, 0.3) is 0 Å². The van der Waals surface area contributed by atoms with Crippen LogP contribution in [0.2, 0.25) is 0 Å². The highest BCUT2D eigenvalue weighted by atomic mass is 19.1. The second-order valence-electron chi connectivity index (χ2n) is 3.10. The van der Waals surface area contributed by atoms with Crippen molar-refractivity contribution in [2.24, 2.45) is 0 Å². The van der Waals surface area contributed by atoms with Gasteiger partial charge in [0.05, 0.1) is 0 Å². The van der Waals surface area contributed by atoms with Crippen molar-refractivity contribution in [2.75, 3.05) is 11.9 Å². The molecule has 17 heavy (non-hydrogen) atoms. The van der Waals surface area contributed by atoms with Gasteiger partial charge in [0.2, 0.25) is 5.95 Å². The second-order valence-corrected chi connectivity index (χ2v) is 3.10. The first-order valence-electron chi connectivity index (χ1n) is 4.78. The van der Waals surface area contributed by atoms with Gasteiger partial charge in [0.25, 0.3) is 5.91 Å². The van der Waals surface area contributed by atoms with Gasteiger partial charge in [-0.2, -0.15) is 10.1 Å². The molecule has 0 atom stereocenters. The van der Waals surface area contributed by atoms with Crippen molar-refractivity contribution in [1.82, 2.24) is 15.2 Å². The fourth-order valence-electron chi connectivity index (χ4n) is 1.14. The molecule has 0 radical (unpaired) electrons.